The van der Waals surface area contributed by atoms with Crippen molar-refractivity contribution in [1.82, 2.24) is 4.72 Å². The first kappa shape index (κ1) is 10.8. The fourth-order valence-electron chi connectivity index (χ4n) is 0.406. The standard InChI is InChI=1S/C5H11NO3S2/c1-3-11(8,9)6-5(7)4-10-2/h3-4H2,1-2H3,(H,6,7). The zero-order valence-electron chi connectivity index (χ0n) is 6.46. The van der Waals surface area contributed by atoms with Gasteiger partial charge in [0.25, 0.3) is 0 Å². The Balaban J connectivity index is 3.95. The van der Waals surface area contributed by atoms with Crippen molar-refractivity contribution in [3.8, 4) is 0 Å². The minimum Gasteiger partial charge on any atom is -0.273 e. The molecule has 0 saturated heterocycles. The molecule has 1 amide bonds. The third kappa shape index (κ3) is 5.09. The highest BCUT2D eigenvalue weighted by Crippen LogP contribution is 1.91. The summed E-state index contributed by atoms with van der Waals surface area (Å²) in [6.45, 7) is 1.48. The van der Waals surface area contributed by atoms with Crippen molar-refractivity contribution in [3.63, 3.8) is 0 Å². The van der Waals surface area contributed by atoms with Gasteiger partial charge in [-0.1, -0.05) is 0 Å². The van der Waals surface area contributed by atoms with Gasteiger partial charge in [-0.25, -0.2) is 8.42 Å². The van der Waals surface area contributed by atoms with Crippen LogP contribution in [0.25, 0.3) is 0 Å². The zero-order chi connectivity index (χ0) is 8.91. The molecule has 11 heavy (non-hydrogen) atoms. The van der Waals surface area contributed by atoms with Crippen molar-refractivity contribution >= 4 is 27.7 Å². The number of carbonyl (C=O) groups is 1. The van der Waals surface area contributed by atoms with Crippen LogP contribution < -0.4 is 4.72 Å². The first-order valence-electron chi connectivity index (χ1n) is 3.04. The number of nitrogens with one attached hydrogen (secondary N) is 1. The number of carbonyl (C=O) groups excluding carboxylic acids is 1. The molecule has 0 atom stereocenters. The summed E-state index contributed by atoms with van der Waals surface area (Å²) in [6, 6.07) is 0. The van der Waals surface area contributed by atoms with Gasteiger partial charge in [-0.05, 0) is 13.2 Å². The highest BCUT2D eigenvalue weighted by atomic mass is 32.2. The van der Waals surface area contributed by atoms with Gasteiger partial charge in [-0.2, -0.15) is 11.8 Å². The van der Waals surface area contributed by atoms with E-state index in [2.05, 4.69) is 0 Å². The number of sulfonamides is 1. The Morgan fingerprint density at radius 1 is 1.55 bits per heavy atom. The number of hydrogen-bond acceptors (Lipinski definition) is 4. The summed E-state index contributed by atoms with van der Waals surface area (Å²) in [4.78, 5) is 10.7. The van der Waals surface area contributed by atoms with Crippen molar-refractivity contribution in [2.24, 2.45) is 0 Å². The van der Waals surface area contributed by atoms with Gasteiger partial charge in [-0.3, -0.25) is 9.52 Å². The molecule has 0 radical (unpaired) electrons. The van der Waals surface area contributed by atoms with Crippen LogP contribution in [-0.2, 0) is 14.8 Å². The van der Waals surface area contributed by atoms with Crippen LogP contribution in [-0.4, -0.2) is 32.1 Å². The predicted octanol–water partition coefficient (Wildman–Crippen LogP) is -0.185. The Bertz CT molecular complexity index is 222. The number of hydrogen-bond donors (Lipinski definition) is 1. The van der Waals surface area contributed by atoms with Crippen LogP contribution in [0.4, 0.5) is 0 Å². The van der Waals surface area contributed by atoms with Crippen molar-refractivity contribution in [1.29, 1.82) is 0 Å². The smallest absolute Gasteiger partial charge is 0.243 e. The molecule has 0 aliphatic carbocycles. The van der Waals surface area contributed by atoms with Crippen LogP contribution in [0.1, 0.15) is 6.92 Å². The molecule has 6 heteroatoms. The summed E-state index contributed by atoms with van der Waals surface area (Å²) < 4.78 is 23.4. The molecular formula is C5H11NO3S2. The number of thioether (sulfide) groups is 1. The van der Waals surface area contributed by atoms with E-state index in [1.165, 1.54) is 18.7 Å². The van der Waals surface area contributed by atoms with Gasteiger partial charge in [0.05, 0.1) is 11.5 Å². The summed E-state index contributed by atoms with van der Waals surface area (Å²) in [7, 11) is -3.35. The molecule has 0 fully saturated rings. The summed E-state index contributed by atoms with van der Waals surface area (Å²) >= 11 is 1.28. The minimum atomic E-state index is -3.35. The van der Waals surface area contributed by atoms with E-state index < -0.39 is 15.9 Å². The zero-order valence-corrected chi connectivity index (χ0v) is 8.09. The molecule has 0 unspecified atom stereocenters. The molecule has 0 heterocycles. The van der Waals surface area contributed by atoms with Gasteiger partial charge in [0.2, 0.25) is 15.9 Å². The van der Waals surface area contributed by atoms with Gasteiger partial charge in [0.1, 0.15) is 0 Å². The molecule has 1 N–H and O–H groups in total. The fourth-order valence-corrected chi connectivity index (χ4v) is 1.40. The molecule has 0 spiro atoms. The van der Waals surface area contributed by atoms with E-state index in [1.807, 2.05) is 4.72 Å². The van der Waals surface area contributed by atoms with Gasteiger partial charge in [0, 0.05) is 0 Å². The molecule has 0 aromatic heterocycles. The van der Waals surface area contributed by atoms with Gasteiger partial charge in [-0.15, -0.1) is 0 Å². The van der Waals surface area contributed by atoms with Gasteiger partial charge >= 0.3 is 0 Å². The lowest BCUT2D eigenvalue weighted by atomic mass is 10.8. The molecular weight excluding hydrogens is 186 g/mol. The first-order chi connectivity index (χ1) is 5.02. The quantitative estimate of drug-likeness (QED) is 0.679. The Kier molecular flexibility index (Phi) is 4.51. The largest absolute Gasteiger partial charge is 0.273 e. The molecule has 0 aliphatic rings. The maximum atomic E-state index is 10.7. The van der Waals surface area contributed by atoms with Crippen molar-refractivity contribution in [2.75, 3.05) is 17.8 Å². The van der Waals surface area contributed by atoms with E-state index in [1.54, 1.807) is 6.26 Å². The molecule has 0 aromatic rings. The first-order valence-corrected chi connectivity index (χ1v) is 6.08. The van der Waals surface area contributed by atoms with E-state index in [0.29, 0.717) is 0 Å². The second kappa shape index (κ2) is 4.61. The predicted molar refractivity (Wildman–Crippen MR) is 46.0 cm³/mol. The van der Waals surface area contributed by atoms with Crippen LogP contribution in [0.3, 0.4) is 0 Å². The average molecular weight is 197 g/mol. The van der Waals surface area contributed by atoms with E-state index in [-0.39, 0.29) is 11.5 Å². The average Bonchev–Trinajstić information content (AvgIpc) is 1.87. The second-order valence-corrected chi connectivity index (χ2v) is 4.74. The topological polar surface area (TPSA) is 63.2 Å². The summed E-state index contributed by atoms with van der Waals surface area (Å²) in [5, 5.41) is 0. The van der Waals surface area contributed by atoms with Crippen molar-refractivity contribution in [2.45, 2.75) is 6.92 Å². The molecule has 0 aromatic carbocycles. The Morgan fingerprint density at radius 3 is 2.45 bits per heavy atom. The lowest BCUT2D eigenvalue weighted by Crippen LogP contribution is -2.32. The van der Waals surface area contributed by atoms with Crippen LogP contribution in [0.5, 0.6) is 0 Å². The molecule has 0 bridgehead atoms. The van der Waals surface area contributed by atoms with Gasteiger partial charge < -0.3 is 0 Å². The Morgan fingerprint density at radius 2 is 2.09 bits per heavy atom. The van der Waals surface area contributed by atoms with Crippen molar-refractivity contribution in [3.05, 3.63) is 0 Å². The molecule has 0 rings (SSSR count). The molecule has 0 aliphatic heterocycles. The summed E-state index contributed by atoms with van der Waals surface area (Å²) in [5.41, 5.74) is 0. The molecule has 0 saturated carbocycles. The van der Waals surface area contributed by atoms with E-state index >= 15 is 0 Å². The summed E-state index contributed by atoms with van der Waals surface area (Å²) in [5.74, 6) is -0.342. The highest BCUT2D eigenvalue weighted by molar-refractivity contribution is 7.99. The summed E-state index contributed by atoms with van der Waals surface area (Å²) in [6.07, 6.45) is 1.73. The van der Waals surface area contributed by atoms with Crippen LogP contribution in [0, 0.1) is 0 Å². The van der Waals surface area contributed by atoms with Crippen LogP contribution >= 0.6 is 11.8 Å². The van der Waals surface area contributed by atoms with Crippen molar-refractivity contribution < 1.29 is 13.2 Å². The van der Waals surface area contributed by atoms with Gasteiger partial charge in [0.15, 0.2) is 0 Å². The monoisotopic (exact) mass is 197 g/mol. The van der Waals surface area contributed by atoms with Crippen LogP contribution in [0.2, 0.25) is 0 Å². The second-order valence-electron chi connectivity index (χ2n) is 1.86. The third-order valence-electron chi connectivity index (χ3n) is 0.925. The molecule has 4 nitrogen and oxygen atoms in total. The fraction of sp³-hybridized carbons (Fsp3) is 0.800. The lowest BCUT2D eigenvalue weighted by Gasteiger charge is -2.01. The van der Waals surface area contributed by atoms with E-state index in [9.17, 15) is 13.2 Å². The number of amides is 1. The Hall–Kier alpha value is -0.230. The van der Waals surface area contributed by atoms with E-state index in [4.69, 9.17) is 0 Å². The normalized spacial score (nSPS) is 11.1. The third-order valence-corrected chi connectivity index (χ3v) is 2.77. The number of rotatable bonds is 4. The SMILES string of the molecule is CCS(=O)(=O)NC(=O)CSC. The lowest BCUT2D eigenvalue weighted by molar-refractivity contribution is -0.116. The molecule has 66 valence electrons. The maximum absolute atomic E-state index is 10.7. The van der Waals surface area contributed by atoms with Crippen LogP contribution in [0.15, 0.2) is 0 Å². The maximum Gasteiger partial charge on any atom is 0.243 e. The van der Waals surface area contributed by atoms with E-state index in [0.717, 1.165) is 0 Å². The highest BCUT2D eigenvalue weighted by Gasteiger charge is 2.10. The Labute approximate surface area is 70.8 Å². The minimum absolute atomic E-state index is 0.0624.